The molecule has 2 N–H and O–H groups in total. The molecule has 1 aliphatic heterocycles. The molecule has 1 fully saturated rings. The van der Waals surface area contributed by atoms with Crippen LogP contribution in [0.3, 0.4) is 0 Å². The highest BCUT2D eigenvalue weighted by Gasteiger charge is 2.36. The standard InChI is InChI=1S/C14H19BrN4O2/c1-14(2,3)19-8-10(7-12(19)20)17-13(21)18-11-6-9(15)4-5-16-11/h4-6,10H,7-8H2,1-3H3,(H2,16,17,18,21). The number of nitrogens with one attached hydrogen (secondary N) is 2. The zero-order valence-electron chi connectivity index (χ0n) is 12.3. The van der Waals surface area contributed by atoms with Gasteiger partial charge in [0.05, 0.1) is 6.04 Å². The van der Waals surface area contributed by atoms with E-state index in [1.807, 2.05) is 20.8 Å². The second-order valence-electron chi connectivity index (χ2n) is 6.03. The van der Waals surface area contributed by atoms with Crippen molar-refractivity contribution in [3.8, 4) is 0 Å². The average molecular weight is 355 g/mol. The van der Waals surface area contributed by atoms with Gasteiger partial charge in [-0.1, -0.05) is 15.9 Å². The summed E-state index contributed by atoms with van der Waals surface area (Å²) in [6.45, 7) is 6.48. The summed E-state index contributed by atoms with van der Waals surface area (Å²) in [7, 11) is 0. The Morgan fingerprint density at radius 2 is 2.19 bits per heavy atom. The largest absolute Gasteiger partial charge is 0.336 e. The van der Waals surface area contributed by atoms with Crippen LogP contribution in [0.1, 0.15) is 27.2 Å². The highest BCUT2D eigenvalue weighted by molar-refractivity contribution is 9.10. The van der Waals surface area contributed by atoms with Gasteiger partial charge in [-0.25, -0.2) is 9.78 Å². The fraction of sp³-hybridized carbons (Fsp3) is 0.500. The molecule has 0 aliphatic carbocycles. The van der Waals surface area contributed by atoms with E-state index in [2.05, 4.69) is 31.5 Å². The van der Waals surface area contributed by atoms with Crippen molar-refractivity contribution in [3.63, 3.8) is 0 Å². The van der Waals surface area contributed by atoms with Gasteiger partial charge in [0.15, 0.2) is 0 Å². The normalized spacial score (nSPS) is 18.8. The van der Waals surface area contributed by atoms with Gasteiger partial charge in [-0.2, -0.15) is 0 Å². The molecule has 6 nitrogen and oxygen atoms in total. The third-order valence-electron chi connectivity index (χ3n) is 3.23. The smallest absolute Gasteiger partial charge is 0.320 e. The molecule has 2 heterocycles. The van der Waals surface area contributed by atoms with Gasteiger partial charge in [-0.3, -0.25) is 10.1 Å². The molecule has 1 atom stereocenters. The first kappa shape index (κ1) is 15.8. The summed E-state index contributed by atoms with van der Waals surface area (Å²) in [6.07, 6.45) is 1.93. The molecule has 1 saturated heterocycles. The molecule has 21 heavy (non-hydrogen) atoms. The van der Waals surface area contributed by atoms with Crippen LogP contribution in [0.5, 0.6) is 0 Å². The van der Waals surface area contributed by atoms with Crippen LogP contribution in [0.2, 0.25) is 0 Å². The molecule has 0 aromatic carbocycles. The lowest BCUT2D eigenvalue weighted by Gasteiger charge is -2.32. The SMILES string of the molecule is CC(C)(C)N1CC(NC(=O)Nc2cc(Br)ccn2)CC1=O. The second kappa shape index (κ2) is 6.01. The zero-order valence-corrected chi connectivity index (χ0v) is 13.9. The Balaban J connectivity index is 1.91. The van der Waals surface area contributed by atoms with Crippen LogP contribution >= 0.6 is 15.9 Å². The van der Waals surface area contributed by atoms with Gasteiger partial charge >= 0.3 is 6.03 Å². The number of aromatic nitrogens is 1. The second-order valence-corrected chi connectivity index (χ2v) is 6.95. The summed E-state index contributed by atoms with van der Waals surface area (Å²) >= 11 is 3.31. The molecule has 1 aromatic rings. The van der Waals surface area contributed by atoms with Crippen LogP contribution in [-0.2, 0) is 4.79 Å². The number of rotatable bonds is 2. The molecule has 1 aromatic heterocycles. The van der Waals surface area contributed by atoms with E-state index in [1.165, 1.54) is 0 Å². The minimum atomic E-state index is -0.353. The lowest BCUT2D eigenvalue weighted by Crippen LogP contribution is -2.45. The van der Waals surface area contributed by atoms with Crippen LogP contribution < -0.4 is 10.6 Å². The summed E-state index contributed by atoms with van der Waals surface area (Å²) in [5.74, 6) is 0.521. The molecule has 2 rings (SSSR count). The Bertz CT molecular complexity index is 556. The van der Waals surface area contributed by atoms with Crippen molar-refractivity contribution in [1.29, 1.82) is 0 Å². The summed E-state index contributed by atoms with van der Waals surface area (Å²) in [4.78, 5) is 29.7. The summed E-state index contributed by atoms with van der Waals surface area (Å²) in [5.41, 5.74) is -0.226. The maximum absolute atomic E-state index is 12.0. The summed E-state index contributed by atoms with van der Waals surface area (Å²) in [5, 5.41) is 5.47. The molecule has 0 spiro atoms. The lowest BCUT2D eigenvalue weighted by molar-refractivity contribution is -0.131. The maximum Gasteiger partial charge on any atom is 0.320 e. The van der Waals surface area contributed by atoms with Crippen LogP contribution in [0, 0.1) is 0 Å². The first-order valence-corrected chi connectivity index (χ1v) is 7.54. The molecule has 114 valence electrons. The number of likely N-dealkylation sites (tertiary alicyclic amines) is 1. The highest BCUT2D eigenvalue weighted by Crippen LogP contribution is 2.22. The fourth-order valence-corrected chi connectivity index (χ4v) is 2.60. The van der Waals surface area contributed by atoms with E-state index in [0.717, 1.165) is 4.47 Å². The summed E-state index contributed by atoms with van der Waals surface area (Å²) in [6, 6.07) is 2.96. The van der Waals surface area contributed by atoms with E-state index < -0.39 is 0 Å². The van der Waals surface area contributed by atoms with E-state index in [0.29, 0.717) is 18.8 Å². The molecule has 1 unspecified atom stereocenters. The number of hydrogen-bond acceptors (Lipinski definition) is 3. The van der Waals surface area contributed by atoms with Crippen LogP contribution in [0.4, 0.5) is 10.6 Å². The molecule has 0 saturated carbocycles. The van der Waals surface area contributed by atoms with Gasteiger partial charge in [0.2, 0.25) is 5.91 Å². The lowest BCUT2D eigenvalue weighted by atomic mass is 10.1. The number of carbonyl (C=O) groups excluding carboxylic acids is 2. The number of urea groups is 1. The summed E-state index contributed by atoms with van der Waals surface area (Å²) < 4.78 is 0.836. The van der Waals surface area contributed by atoms with E-state index in [1.54, 1.807) is 23.2 Å². The van der Waals surface area contributed by atoms with Crippen LogP contribution in [0.15, 0.2) is 22.8 Å². The number of amides is 3. The van der Waals surface area contributed by atoms with Gasteiger partial charge in [0.25, 0.3) is 0 Å². The average Bonchev–Trinajstić information content (AvgIpc) is 2.69. The third kappa shape index (κ3) is 4.17. The first-order valence-electron chi connectivity index (χ1n) is 6.75. The Morgan fingerprint density at radius 3 is 2.76 bits per heavy atom. The topological polar surface area (TPSA) is 74.3 Å². The minimum absolute atomic E-state index is 0.0633. The van der Waals surface area contributed by atoms with E-state index in [9.17, 15) is 9.59 Å². The zero-order chi connectivity index (χ0) is 15.6. The van der Waals surface area contributed by atoms with Gasteiger partial charge in [0.1, 0.15) is 5.82 Å². The minimum Gasteiger partial charge on any atom is -0.336 e. The number of halogens is 1. The predicted octanol–water partition coefficient (Wildman–Crippen LogP) is 2.37. The number of pyridine rings is 1. The van der Waals surface area contributed by atoms with Gasteiger partial charge in [-0.05, 0) is 32.9 Å². The number of anilines is 1. The Labute approximate surface area is 132 Å². The Morgan fingerprint density at radius 1 is 1.48 bits per heavy atom. The van der Waals surface area contributed by atoms with Crippen LogP contribution in [-0.4, -0.2) is 39.9 Å². The van der Waals surface area contributed by atoms with E-state index in [-0.39, 0.29) is 23.5 Å². The number of hydrogen-bond donors (Lipinski definition) is 2. The molecule has 1 aliphatic rings. The fourth-order valence-electron chi connectivity index (χ4n) is 2.26. The molecular weight excluding hydrogens is 336 g/mol. The van der Waals surface area contributed by atoms with Crippen molar-refractivity contribution < 1.29 is 9.59 Å². The predicted molar refractivity (Wildman–Crippen MR) is 84.0 cm³/mol. The quantitative estimate of drug-likeness (QED) is 0.855. The van der Waals surface area contributed by atoms with Crippen molar-refractivity contribution in [3.05, 3.63) is 22.8 Å². The third-order valence-corrected chi connectivity index (χ3v) is 3.73. The van der Waals surface area contributed by atoms with Crippen LogP contribution in [0.25, 0.3) is 0 Å². The van der Waals surface area contributed by atoms with Gasteiger partial charge in [0, 0.05) is 29.2 Å². The molecule has 0 bridgehead atoms. The van der Waals surface area contributed by atoms with Crippen molar-refractivity contribution >= 4 is 33.7 Å². The Kier molecular flexibility index (Phi) is 4.51. The first-order chi connectivity index (χ1) is 9.75. The molecule has 3 amide bonds. The van der Waals surface area contributed by atoms with Crippen molar-refractivity contribution in [1.82, 2.24) is 15.2 Å². The van der Waals surface area contributed by atoms with Gasteiger partial charge in [-0.15, -0.1) is 0 Å². The number of nitrogens with zero attached hydrogens (tertiary/aromatic N) is 2. The van der Waals surface area contributed by atoms with Crippen molar-refractivity contribution in [2.24, 2.45) is 0 Å². The van der Waals surface area contributed by atoms with E-state index in [4.69, 9.17) is 0 Å². The van der Waals surface area contributed by atoms with Crippen molar-refractivity contribution in [2.75, 3.05) is 11.9 Å². The van der Waals surface area contributed by atoms with Crippen molar-refractivity contribution in [2.45, 2.75) is 38.8 Å². The highest BCUT2D eigenvalue weighted by atomic mass is 79.9. The monoisotopic (exact) mass is 354 g/mol. The van der Waals surface area contributed by atoms with E-state index >= 15 is 0 Å². The molecular formula is C14H19BrN4O2. The molecule has 0 radical (unpaired) electrons. The molecule has 7 heteroatoms. The maximum atomic E-state index is 12.0. The van der Waals surface area contributed by atoms with Gasteiger partial charge < -0.3 is 10.2 Å². The number of carbonyl (C=O) groups is 2. The Hall–Kier alpha value is -1.63.